The molecule has 2 amide bonds. The predicted molar refractivity (Wildman–Crippen MR) is 98.6 cm³/mol. The van der Waals surface area contributed by atoms with Crippen LogP contribution in [-0.2, 0) is 9.59 Å². The monoisotopic (exact) mass is 354 g/mol. The van der Waals surface area contributed by atoms with Gasteiger partial charge in [0.2, 0.25) is 5.91 Å². The second kappa shape index (κ2) is 7.39. The summed E-state index contributed by atoms with van der Waals surface area (Å²) in [5, 5.41) is 2.75. The van der Waals surface area contributed by atoms with Gasteiger partial charge in [0.05, 0.1) is 5.69 Å². The Kier molecular flexibility index (Phi) is 5.02. The molecule has 0 fully saturated rings. The SMILES string of the molecule is CCN1C(=O)C(C)Oc2ccc(NC(=O)/C=C/c3ccc(F)cc3)cc21. The van der Waals surface area contributed by atoms with E-state index in [1.165, 1.54) is 18.2 Å². The van der Waals surface area contributed by atoms with Crippen LogP contribution in [0.25, 0.3) is 6.08 Å². The van der Waals surface area contributed by atoms with Gasteiger partial charge >= 0.3 is 0 Å². The number of benzene rings is 2. The van der Waals surface area contributed by atoms with Crippen LogP contribution in [0.1, 0.15) is 19.4 Å². The fourth-order valence-corrected chi connectivity index (χ4v) is 2.74. The third-order valence-corrected chi connectivity index (χ3v) is 4.05. The van der Waals surface area contributed by atoms with Crippen LogP contribution in [-0.4, -0.2) is 24.5 Å². The smallest absolute Gasteiger partial charge is 0.267 e. The highest BCUT2D eigenvalue weighted by atomic mass is 19.1. The standard InChI is InChI=1S/C20H19FN2O3/c1-3-23-17-12-16(9-10-18(17)26-13(2)20(23)25)22-19(24)11-6-14-4-7-15(21)8-5-14/h4-13H,3H2,1-2H3,(H,22,24)/b11-6+. The molecule has 5 nitrogen and oxygen atoms in total. The fourth-order valence-electron chi connectivity index (χ4n) is 2.74. The van der Waals surface area contributed by atoms with Gasteiger partial charge in [-0.25, -0.2) is 4.39 Å². The van der Waals surface area contributed by atoms with Crippen LogP contribution in [0.5, 0.6) is 5.75 Å². The second-order valence-electron chi connectivity index (χ2n) is 5.90. The third-order valence-electron chi connectivity index (χ3n) is 4.05. The number of fused-ring (bicyclic) bond motifs is 1. The molecule has 1 heterocycles. The molecule has 1 atom stereocenters. The molecule has 1 N–H and O–H groups in total. The molecule has 0 radical (unpaired) electrons. The van der Waals surface area contributed by atoms with Crippen LogP contribution in [0.3, 0.4) is 0 Å². The zero-order valence-corrected chi connectivity index (χ0v) is 14.5. The van der Waals surface area contributed by atoms with Crippen molar-refractivity contribution in [3.63, 3.8) is 0 Å². The molecule has 1 aliphatic heterocycles. The molecule has 1 aliphatic rings. The highest BCUT2D eigenvalue weighted by molar-refractivity contribution is 6.04. The number of amides is 2. The van der Waals surface area contributed by atoms with Gasteiger partial charge in [0.25, 0.3) is 5.91 Å². The van der Waals surface area contributed by atoms with E-state index < -0.39 is 6.10 Å². The van der Waals surface area contributed by atoms with E-state index in [1.807, 2.05) is 6.92 Å². The Balaban J connectivity index is 1.74. The van der Waals surface area contributed by atoms with Gasteiger partial charge in [-0.1, -0.05) is 12.1 Å². The first kappa shape index (κ1) is 17.7. The number of halogens is 1. The van der Waals surface area contributed by atoms with Crippen LogP contribution in [0.15, 0.2) is 48.5 Å². The van der Waals surface area contributed by atoms with Crippen LogP contribution in [0, 0.1) is 5.82 Å². The molecule has 3 rings (SSSR count). The maximum Gasteiger partial charge on any atom is 0.267 e. The molecular weight excluding hydrogens is 335 g/mol. The molecule has 0 aromatic heterocycles. The fraction of sp³-hybridized carbons (Fsp3) is 0.200. The van der Waals surface area contributed by atoms with E-state index in [9.17, 15) is 14.0 Å². The van der Waals surface area contributed by atoms with E-state index >= 15 is 0 Å². The van der Waals surface area contributed by atoms with Gasteiger partial charge in [-0.3, -0.25) is 9.59 Å². The van der Waals surface area contributed by atoms with Gasteiger partial charge in [0.1, 0.15) is 11.6 Å². The number of carbonyl (C=O) groups excluding carboxylic acids is 2. The Labute approximate surface area is 151 Å². The number of likely N-dealkylation sites (N-methyl/N-ethyl adjacent to an activating group) is 1. The average molecular weight is 354 g/mol. The molecule has 6 heteroatoms. The van der Waals surface area contributed by atoms with Gasteiger partial charge in [0.15, 0.2) is 6.10 Å². The first-order valence-electron chi connectivity index (χ1n) is 8.34. The Morgan fingerprint density at radius 3 is 2.69 bits per heavy atom. The summed E-state index contributed by atoms with van der Waals surface area (Å²) in [5.74, 6) is -0.153. The number of hydrogen-bond donors (Lipinski definition) is 1. The maximum absolute atomic E-state index is 12.9. The van der Waals surface area contributed by atoms with Crippen molar-refractivity contribution in [2.24, 2.45) is 0 Å². The highest BCUT2D eigenvalue weighted by Crippen LogP contribution is 2.36. The number of nitrogens with zero attached hydrogens (tertiary/aromatic N) is 1. The van der Waals surface area contributed by atoms with Gasteiger partial charge in [-0.15, -0.1) is 0 Å². The molecule has 0 spiro atoms. The average Bonchev–Trinajstić information content (AvgIpc) is 2.63. The first-order chi connectivity index (χ1) is 12.5. The molecule has 0 saturated carbocycles. The Morgan fingerprint density at radius 1 is 1.27 bits per heavy atom. The molecule has 26 heavy (non-hydrogen) atoms. The van der Waals surface area contributed by atoms with Gasteiger partial charge < -0.3 is 15.0 Å². The minimum Gasteiger partial charge on any atom is -0.479 e. The topological polar surface area (TPSA) is 58.6 Å². The third kappa shape index (κ3) is 3.74. The van der Waals surface area contributed by atoms with Crippen molar-refractivity contribution in [3.8, 4) is 5.75 Å². The van der Waals surface area contributed by atoms with Crippen molar-refractivity contribution in [1.29, 1.82) is 0 Å². The van der Waals surface area contributed by atoms with Crippen LogP contribution >= 0.6 is 0 Å². The number of ether oxygens (including phenoxy) is 1. The largest absolute Gasteiger partial charge is 0.479 e. The van der Waals surface area contributed by atoms with E-state index in [-0.39, 0.29) is 17.6 Å². The number of anilines is 2. The zero-order chi connectivity index (χ0) is 18.7. The highest BCUT2D eigenvalue weighted by Gasteiger charge is 2.30. The number of nitrogens with one attached hydrogen (secondary N) is 1. The van der Waals surface area contributed by atoms with Gasteiger partial charge in [-0.05, 0) is 55.8 Å². The van der Waals surface area contributed by atoms with E-state index in [4.69, 9.17) is 4.74 Å². The van der Waals surface area contributed by atoms with Crippen molar-refractivity contribution < 1.29 is 18.7 Å². The summed E-state index contributed by atoms with van der Waals surface area (Å²) in [6.07, 6.45) is 2.44. The summed E-state index contributed by atoms with van der Waals surface area (Å²) >= 11 is 0. The van der Waals surface area contributed by atoms with E-state index in [0.29, 0.717) is 23.7 Å². The lowest BCUT2D eigenvalue weighted by Crippen LogP contribution is -2.44. The molecule has 134 valence electrons. The van der Waals surface area contributed by atoms with E-state index in [2.05, 4.69) is 5.32 Å². The normalized spacial score (nSPS) is 16.3. The summed E-state index contributed by atoms with van der Waals surface area (Å²) in [6, 6.07) is 11.0. The summed E-state index contributed by atoms with van der Waals surface area (Å²) in [4.78, 5) is 25.9. The number of hydrogen-bond acceptors (Lipinski definition) is 3. The summed E-state index contributed by atoms with van der Waals surface area (Å²) in [6.45, 7) is 4.11. The van der Waals surface area contributed by atoms with Crippen LogP contribution < -0.4 is 15.0 Å². The van der Waals surface area contributed by atoms with Crippen molar-refractivity contribution in [1.82, 2.24) is 0 Å². The number of carbonyl (C=O) groups is 2. The van der Waals surface area contributed by atoms with Crippen molar-refractivity contribution in [3.05, 3.63) is 59.9 Å². The molecule has 1 unspecified atom stereocenters. The summed E-state index contributed by atoms with van der Waals surface area (Å²) in [7, 11) is 0. The molecular formula is C20H19FN2O3. The minimum absolute atomic E-state index is 0.111. The van der Waals surface area contributed by atoms with E-state index in [1.54, 1.807) is 48.2 Å². The van der Waals surface area contributed by atoms with Gasteiger partial charge in [0, 0.05) is 18.3 Å². The predicted octanol–water partition coefficient (Wildman–Crippen LogP) is 3.61. The lowest BCUT2D eigenvalue weighted by atomic mass is 10.1. The Hall–Kier alpha value is -3.15. The van der Waals surface area contributed by atoms with Crippen LogP contribution in [0.4, 0.5) is 15.8 Å². The lowest BCUT2D eigenvalue weighted by Gasteiger charge is -2.32. The number of rotatable bonds is 4. The maximum atomic E-state index is 12.9. The second-order valence-corrected chi connectivity index (χ2v) is 5.90. The van der Waals surface area contributed by atoms with Crippen molar-refractivity contribution in [2.75, 3.05) is 16.8 Å². The van der Waals surface area contributed by atoms with Crippen LogP contribution in [0.2, 0.25) is 0 Å². The summed E-state index contributed by atoms with van der Waals surface area (Å²) < 4.78 is 18.5. The quantitative estimate of drug-likeness (QED) is 0.854. The molecule has 0 saturated heterocycles. The lowest BCUT2D eigenvalue weighted by molar-refractivity contribution is -0.125. The van der Waals surface area contributed by atoms with Crippen molar-refractivity contribution >= 4 is 29.3 Å². The van der Waals surface area contributed by atoms with Crippen molar-refractivity contribution in [2.45, 2.75) is 20.0 Å². The Bertz CT molecular complexity index is 862. The molecule has 0 aliphatic carbocycles. The molecule has 2 aromatic carbocycles. The minimum atomic E-state index is -0.526. The molecule has 2 aromatic rings. The Morgan fingerprint density at radius 2 is 2.00 bits per heavy atom. The summed E-state index contributed by atoms with van der Waals surface area (Å²) in [5.41, 5.74) is 1.91. The van der Waals surface area contributed by atoms with E-state index in [0.717, 1.165) is 5.56 Å². The van der Waals surface area contributed by atoms with Gasteiger partial charge in [-0.2, -0.15) is 0 Å². The zero-order valence-electron chi connectivity index (χ0n) is 14.5. The first-order valence-corrected chi connectivity index (χ1v) is 8.34. The molecule has 0 bridgehead atoms.